The van der Waals surface area contributed by atoms with Gasteiger partial charge in [0.05, 0.1) is 5.75 Å². The minimum Gasteiger partial charge on any atom is -0.427 e. The molecule has 0 heterocycles. The zero-order valence-electron chi connectivity index (χ0n) is 11.9. The lowest BCUT2D eigenvalue weighted by Crippen LogP contribution is -2.35. The van der Waals surface area contributed by atoms with E-state index < -0.39 is 16.0 Å². The average molecular weight is 314 g/mol. The van der Waals surface area contributed by atoms with Gasteiger partial charge < -0.3 is 10.1 Å². The van der Waals surface area contributed by atoms with E-state index in [1.54, 1.807) is 18.2 Å². The molecule has 0 aliphatic rings. The molecule has 0 atom stereocenters. The van der Waals surface area contributed by atoms with Crippen LogP contribution >= 0.6 is 0 Å². The second-order valence-electron chi connectivity index (χ2n) is 4.18. The Morgan fingerprint density at radius 1 is 1.24 bits per heavy atom. The summed E-state index contributed by atoms with van der Waals surface area (Å²) in [5.74, 6) is -0.575. The fraction of sp³-hybridized carbons (Fsp3) is 0.385. The molecule has 0 spiro atoms. The highest BCUT2D eigenvalue weighted by atomic mass is 32.2. The van der Waals surface area contributed by atoms with E-state index in [9.17, 15) is 18.0 Å². The summed E-state index contributed by atoms with van der Waals surface area (Å²) in [5.41, 5.74) is 0.326. The first kappa shape index (κ1) is 17.1. The molecule has 0 aromatic heterocycles. The summed E-state index contributed by atoms with van der Waals surface area (Å²) in [4.78, 5) is 22.7. The molecule has 0 saturated carbocycles. The topological polar surface area (TPSA) is 102 Å². The summed E-state index contributed by atoms with van der Waals surface area (Å²) in [6, 6.07) is 6.16. The van der Waals surface area contributed by atoms with Crippen LogP contribution in [0.25, 0.3) is 0 Å². The molecule has 0 saturated heterocycles. The quantitative estimate of drug-likeness (QED) is 0.428. The molecule has 8 heteroatoms. The van der Waals surface area contributed by atoms with Crippen LogP contribution in [0.5, 0.6) is 5.75 Å². The molecule has 0 radical (unpaired) electrons. The third kappa shape index (κ3) is 6.37. The molecule has 1 amide bonds. The molecular weight excluding hydrogens is 296 g/mol. The van der Waals surface area contributed by atoms with E-state index >= 15 is 0 Å². The van der Waals surface area contributed by atoms with Gasteiger partial charge in [-0.1, -0.05) is 6.07 Å². The Morgan fingerprint density at radius 2 is 1.95 bits per heavy atom. The second kappa shape index (κ2) is 7.75. The molecule has 0 aliphatic carbocycles. The molecule has 2 N–H and O–H groups in total. The Kier molecular flexibility index (Phi) is 6.32. The van der Waals surface area contributed by atoms with Crippen LogP contribution in [0.3, 0.4) is 0 Å². The molecule has 1 aromatic carbocycles. The SMILES string of the molecule is CCS(=O)(=O)NCCNC(=O)c1cccc(OC(C)=O)c1. The maximum absolute atomic E-state index is 11.8. The Morgan fingerprint density at radius 3 is 2.57 bits per heavy atom. The first-order chi connectivity index (χ1) is 9.84. The number of nitrogens with one attached hydrogen (secondary N) is 2. The number of carbonyl (C=O) groups excluding carboxylic acids is 2. The number of esters is 1. The summed E-state index contributed by atoms with van der Waals surface area (Å²) in [6.45, 7) is 3.08. The van der Waals surface area contributed by atoms with Gasteiger partial charge in [0, 0.05) is 25.6 Å². The van der Waals surface area contributed by atoms with Crippen LogP contribution in [0.15, 0.2) is 24.3 Å². The predicted octanol–water partition coefficient (Wildman–Crippen LogP) is 0.281. The van der Waals surface area contributed by atoms with E-state index in [0.29, 0.717) is 5.56 Å². The molecule has 1 rings (SSSR count). The van der Waals surface area contributed by atoms with Crippen molar-refractivity contribution in [3.8, 4) is 5.75 Å². The molecule has 7 nitrogen and oxygen atoms in total. The number of hydrogen-bond acceptors (Lipinski definition) is 5. The summed E-state index contributed by atoms with van der Waals surface area (Å²) in [7, 11) is -3.26. The first-order valence-electron chi connectivity index (χ1n) is 6.38. The average Bonchev–Trinajstić information content (AvgIpc) is 2.43. The monoisotopic (exact) mass is 314 g/mol. The zero-order valence-corrected chi connectivity index (χ0v) is 12.7. The number of amides is 1. The first-order valence-corrected chi connectivity index (χ1v) is 8.03. The van der Waals surface area contributed by atoms with Crippen LogP contribution in [0.1, 0.15) is 24.2 Å². The molecule has 0 bridgehead atoms. The van der Waals surface area contributed by atoms with Crippen molar-refractivity contribution >= 4 is 21.9 Å². The van der Waals surface area contributed by atoms with E-state index in [2.05, 4.69) is 10.0 Å². The third-order valence-electron chi connectivity index (χ3n) is 2.47. The lowest BCUT2D eigenvalue weighted by atomic mass is 10.2. The summed E-state index contributed by atoms with van der Waals surface area (Å²) in [5, 5.41) is 2.57. The van der Waals surface area contributed by atoms with Gasteiger partial charge in [-0.2, -0.15) is 0 Å². The van der Waals surface area contributed by atoms with E-state index in [0.717, 1.165) is 0 Å². The van der Waals surface area contributed by atoms with Crippen LogP contribution in [-0.2, 0) is 14.8 Å². The summed E-state index contributed by atoms with van der Waals surface area (Å²) < 4.78 is 29.6. The van der Waals surface area contributed by atoms with Crippen molar-refractivity contribution < 1.29 is 22.7 Å². The van der Waals surface area contributed by atoms with Crippen molar-refractivity contribution in [2.45, 2.75) is 13.8 Å². The lowest BCUT2D eigenvalue weighted by Gasteiger charge is -2.08. The molecular formula is C13H18N2O5S. The normalized spacial score (nSPS) is 11.0. The van der Waals surface area contributed by atoms with Gasteiger partial charge in [-0.25, -0.2) is 13.1 Å². The molecule has 116 valence electrons. The number of sulfonamides is 1. The Labute approximate surface area is 123 Å². The molecule has 0 unspecified atom stereocenters. The minimum absolute atomic E-state index is 0.00855. The molecule has 0 fully saturated rings. The van der Waals surface area contributed by atoms with Gasteiger partial charge in [0.15, 0.2) is 0 Å². The van der Waals surface area contributed by atoms with Gasteiger partial charge in [-0.05, 0) is 25.1 Å². The number of benzene rings is 1. The number of hydrogen-bond donors (Lipinski definition) is 2. The number of rotatable bonds is 7. The van der Waals surface area contributed by atoms with Crippen LogP contribution in [0.2, 0.25) is 0 Å². The van der Waals surface area contributed by atoms with Crippen molar-refractivity contribution in [2.75, 3.05) is 18.8 Å². The fourth-order valence-corrected chi connectivity index (χ4v) is 2.07. The van der Waals surface area contributed by atoms with E-state index in [1.807, 2.05) is 0 Å². The maximum atomic E-state index is 11.8. The summed E-state index contributed by atoms with van der Waals surface area (Å²) >= 11 is 0. The molecule has 21 heavy (non-hydrogen) atoms. The standard InChI is InChI=1S/C13H18N2O5S/c1-3-21(18,19)15-8-7-14-13(17)11-5-4-6-12(9-11)20-10(2)16/h4-6,9,15H,3,7-8H2,1-2H3,(H,14,17). The van der Waals surface area contributed by atoms with Crippen LogP contribution in [0.4, 0.5) is 0 Å². The van der Waals surface area contributed by atoms with Crippen molar-refractivity contribution in [1.29, 1.82) is 0 Å². The van der Waals surface area contributed by atoms with E-state index in [4.69, 9.17) is 4.74 Å². The van der Waals surface area contributed by atoms with Gasteiger partial charge in [-0.3, -0.25) is 9.59 Å². The highest BCUT2D eigenvalue weighted by Gasteiger charge is 2.08. The van der Waals surface area contributed by atoms with Gasteiger partial charge in [0.1, 0.15) is 5.75 Å². The molecule has 1 aromatic rings. The lowest BCUT2D eigenvalue weighted by molar-refractivity contribution is -0.131. The Bertz CT molecular complexity index is 613. The fourth-order valence-electron chi connectivity index (χ4n) is 1.45. The van der Waals surface area contributed by atoms with E-state index in [-0.39, 0.29) is 30.5 Å². The van der Waals surface area contributed by atoms with Crippen LogP contribution < -0.4 is 14.8 Å². The van der Waals surface area contributed by atoms with Gasteiger partial charge in [0.2, 0.25) is 10.0 Å². The largest absolute Gasteiger partial charge is 0.427 e. The van der Waals surface area contributed by atoms with Crippen molar-refractivity contribution in [3.05, 3.63) is 29.8 Å². The zero-order chi connectivity index (χ0) is 15.9. The Hall–Kier alpha value is -1.93. The second-order valence-corrected chi connectivity index (χ2v) is 6.27. The highest BCUT2D eigenvalue weighted by molar-refractivity contribution is 7.89. The van der Waals surface area contributed by atoms with Crippen LogP contribution in [0, 0.1) is 0 Å². The smallest absolute Gasteiger partial charge is 0.308 e. The highest BCUT2D eigenvalue weighted by Crippen LogP contribution is 2.13. The van der Waals surface area contributed by atoms with Crippen LogP contribution in [-0.4, -0.2) is 39.1 Å². The number of ether oxygens (including phenoxy) is 1. The predicted molar refractivity (Wildman–Crippen MR) is 77.5 cm³/mol. The third-order valence-corrected chi connectivity index (χ3v) is 3.87. The Balaban J connectivity index is 2.50. The summed E-state index contributed by atoms with van der Waals surface area (Å²) in [6.07, 6.45) is 0. The number of carbonyl (C=O) groups is 2. The van der Waals surface area contributed by atoms with Crippen molar-refractivity contribution in [1.82, 2.24) is 10.0 Å². The molecule has 0 aliphatic heterocycles. The van der Waals surface area contributed by atoms with E-state index in [1.165, 1.54) is 19.9 Å². The van der Waals surface area contributed by atoms with Gasteiger partial charge >= 0.3 is 5.97 Å². The van der Waals surface area contributed by atoms with Crippen molar-refractivity contribution in [3.63, 3.8) is 0 Å². The van der Waals surface area contributed by atoms with Gasteiger partial charge in [0.25, 0.3) is 5.91 Å². The van der Waals surface area contributed by atoms with Crippen molar-refractivity contribution in [2.24, 2.45) is 0 Å². The van der Waals surface area contributed by atoms with Gasteiger partial charge in [-0.15, -0.1) is 0 Å². The minimum atomic E-state index is -3.26. The maximum Gasteiger partial charge on any atom is 0.308 e.